The van der Waals surface area contributed by atoms with Crippen LogP contribution in [-0.4, -0.2) is 23.2 Å². The Hall–Kier alpha value is -3.32. The average molecular weight is 370 g/mol. The topological polar surface area (TPSA) is 90.4 Å². The molecule has 1 amide bonds. The van der Waals surface area contributed by atoms with Crippen LogP contribution in [0.25, 0.3) is 22.4 Å². The number of halogens is 1. The summed E-state index contributed by atoms with van der Waals surface area (Å²) in [7, 11) is 1.53. The van der Waals surface area contributed by atoms with E-state index in [0.29, 0.717) is 21.9 Å². The highest BCUT2D eigenvalue weighted by Crippen LogP contribution is 2.30. The number of hydrogen-bond acceptors (Lipinski definition) is 6. The van der Waals surface area contributed by atoms with E-state index in [9.17, 15) is 4.79 Å². The van der Waals surface area contributed by atoms with Crippen LogP contribution in [0.2, 0.25) is 5.02 Å². The first-order valence-electron chi connectivity index (χ1n) is 7.62. The van der Waals surface area contributed by atoms with Crippen molar-refractivity contribution >= 4 is 34.5 Å². The van der Waals surface area contributed by atoms with Gasteiger partial charge in [-0.15, -0.1) is 5.10 Å². The first kappa shape index (κ1) is 16.2. The second kappa shape index (κ2) is 6.53. The van der Waals surface area contributed by atoms with E-state index >= 15 is 0 Å². The van der Waals surface area contributed by atoms with Crippen molar-refractivity contribution in [2.75, 3.05) is 12.4 Å². The Balaban J connectivity index is 1.58. The predicted octanol–water partition coefficient (Wildman–Crippen LogP) is 4.40. The molecular weight excluding hydrogens is 358 g/mol. The van der Waals surface area contributed by atoms with Gasteiger partial charge in [-0.2, -0.15) is 0 Å². The van der Waals surface area contributed by atoms with Crippen molar-refractivity contribution in [1.29, 1.82) is 0 Å². The van der Waals surface area contributed by atoms with Crippen LogP contribution < -0.4 is 10.1 Å². The molecule has 4 rings (SSSR count). The number of nitrogens with one attached hydrogen (secondary N) is 1. The van der Waals surface area contributed by atoms with Gasteiger partial charge in [0, 0.05) is 5.39 Å². The standard InChI is InChI=1S/C18H12ClN3O4/c1-24-13-8-4-5-10-9-14(25-15(10)13)16(23)20-18-22-21-17(26-18)11-6-2-3-7-12(11)19/h2-9H,1H3,(H,20,22,23). The van der Waals surface area contributed by atoms with E-state index in [4.69, 9.17) is 25.2 Å². The molecule has 0 saturated heterocycles. The molecule has 0 bridgehead atoms. The summed E-state index contributed by atoms with van der Waals surface area (Å²) in [6, 6.07) is 14.0. The Morgan fingerprint density at radius 1 is 1.12 bits per heavy atom. The molecule has 0 aliphatic rings. The molecule has 7 nitrogen and oxygen atoms in total. The van der Waals surface area contributed by atoms with Gasteiger partial charge in [-0.05, 0) is 24.3 Å². The number of nitrogens with zero attached hydrogens (tertiary/aromatic N) is 2. The third kappa shape index (κ3) is 2.89. The highest BCUT2D eigenvalue weighted by Gasteiger charge is 2.18. The van der Waals surface area contributed by atoms with Gasteiger partial charge in [0.25, 0.3) is 11.8 Å². The molecule has 0 fully saturated rings. The van der Waals surface area contributed by atoms with Gasteiger partial charge in [0.2, 0.25) is 0 Å². The van der Waals surface area contributed by atoms with Crippen molar-refractivity contribution in [2.24, 2.45) is 0 Å². The maximum absolute atomic E-state index is 12.4. The molecule has 2 aromatic heterocycles. The van der Waals surface area contributed by atoms with Crippen molar-refractivity contribution in [3.63, 3.8) is 0 Å². The molecule has 0 aliphatic carbocycles. The number of furan rings is 1. The Labute approximate surface area is 152 Å². The van der Waals surface area contributed by atoms with Gasteiger partial charge in [0.05, 0.1) is 17.7 Å². The molecule has 0 spiro atoms. The van der Waals surface area contributed by atoms with Crippen LogP contribution >= 0.6 is 11.6 Å². The summed E-state index contributed by atoms with van der Waals surface area (Å²) >= 11 is 6.10. The van der Waals surface area contributed by atoms with E-state index in [1.54, 1.807) is 36.4 Å². The fourth-order valence-corrected chi connectivity index (χ4v) is 2.70. The van der Waals surface area contributed by atoms with E-state index in [2.05, 4.69) is 15.5 Å². The fraction of sp³-hybridized carbons (Fsp3) is 0.0556. The number of amides is 1. The number of benzene rings is 2. The maximum Gasteiger partial charge on any atom is 0.322 e. The van der Waals surface area contributed by atoms with Crippen molar-refractivity contribution in [3.05, 3.63) is 59.3 Å². The highest BCUT2D eigenvalue weighted by atomic mass is 35.5. The van der Waals surface area contributed by atoms with Crippen molar-refractivity contribution in [1.82, 2.24) is 10.2 Å². The number of carbonyl (C=O) groups is 1. The van der Waals surface area contributed by atoms with Gasteiger partial charge in [0.15, 0.2) is 17.1 Å². The molecule has 2 aromatic carbocycles. The van der Waals surface area contributed by atoms with Crippen LogP contribution in [0.4, 0.5) is 6.01 Å². The minimum absolute atomic E-state index is 0.0580. The van der Waals surface area contributed by atoms with Crippen LogP contribution in [0.5, 0.6) is 5.75 Å². The minimum atomic E-state index is -0.516. The monoisotopic (exact) mass is 369 g/mol. The lowest BCUT2D eigenvalue weighted by Gasteiger charge is -1.99. The van der Waals surface area contributed by atoms with Crippen LogP contribution in [0.1, 0.15) is 10.6 Å². The molecule has 1 N–H and O–H groups in total. The second-order valence-corrected chi connectivity index (χ2v) is 5.74. The van der Waals surface area contributed by atoms with Crippen LogP contribution in [0, 0.1) is 0 Å². The Kier molecular flexibility index (Phi) is 4.06. The van der Waals surface area contributed by atoms with E-state index < -0.39 is 5.91 Å². The number of carbonyl (C=O) groups excluding carboxylic acids is 1. The third-order valence-electron chi connectivity index (χ3n) is 3.70. The number of hydrogen-bond donors (Lipinski definition) is 1. The lowest BCUT2D eigenvalue weighted by Crippen LogP contribution is -2.10. The number of anilines is 1. The fourth-order valence-electron chi connectivity index (χ4n) is 2.48. The van der Waals surface area contributed by atoms with Gasteiger partial charge < -0.3 is 13.6 Å². The average Bonchev–Trinajstić information content (AvgIpc) is 3.28. The molecular formula is C18H12ClN3O4. The lowest BCUT2D eigenvalue weighted by atomic mass is 10.2. The molecule has 8 heteroatoms. The molecule has 130 valence electrons. The molecule has 2 heterocycles. The largest absolute Gasteiger partial charge is 0.493 e. The summed E-state index contributed by atoms with van der Waals surface area (Å²) in [5, 5.41) is 11.4. The van der Waals surface area contributed by atoms with Gasteiger partial charge in [0.1, 0.15) is 0 Å². The Bertz CT molecular complexity index is 1100. The van der Waals surface area contributed by atoms with Crippen molar-refractivity contribution in [2.45, 2.75) is 0 Å². The zero-order valence-corrected chi connectivity index (χ0v) is 14.3. The number of methoxy groups -OCH3 is 1. The SMILES string of the molecule is COc1cccc2cc(C(=O)Nc3nnc(-c4ccccc4Cl)o3)oc12. The Morgan fingerprint density at radius 2 is 1.96 bits per heavy atom. The van der Waals surface area contributed by atoms with Crippen LogP contribution in [-0.2, 0) is 0 Å². The molecule has 0 saturated carbocycles. The normalized spacial score (nSPS) is 10.8. The molecule has 26 heavy (non-hydrogen) atoms. The number of aromatic nitrogens is 2. The minimum Gasteiger partial charge on any atom is -0.493 e. The van der Waals surface area contributed by atoms with E-state index in [0.717, 1.165) is 5.39 Å². The van der Waals surface area contributed by atoms with Crippen molar-refractivity contribution < 1.29 is 18.4 Å². The van der Waals surface area contributed by atoms with E-state index in [1.165, 1.54) is 7.11 Å². The third-order valence-corrected chi connectivity index (χ3v) is 4.03. The lowest BCUT2D eigenvalue weighted by molar-refractivity contribution is 0.0995. The predicted molar refractivity (Wildman–Crippen MR) is 95.5 cm³/mol. The maximum atomic E-state index is 12.4. The summed E-state index contributed by atoms with van der Waals surface area (Å²) in [6.45, 7) is 0. The highest BCUT2D eigenvalue weighted by molar-refractivity contribution is 6.33. The number of rotatable bonds is 4. The van der Waals surface area contributed by atoms with Gasteiger partial charge in [-0.25, -0.2) is 0 Å². The van der Waals surface area contributed by atoms with Gasteiger partial charge in [-0.3, -0.25) is 10.1 Å². The smallest absolute Gasteiger partial charge is 0.322 e. The first-order chi connectivity index (χ1) is 12.7. The first-order valence-corrected chi connectivity index (χ1v) is 8.00. The summed E-state index contributed by atoms with van der Waals surface area (Å²) in [5.41, 5.74) is 1.07. The van der Waals surface area contributed by atoms with Gasteiger partial charge >= 0.3 is 6.01 Å². The summed E-state index contributed by atoms with van der Waals surface area (Å²) < 4.78 is 16.3. The van der Waals surface area contributed by atoms with E-state index in [1.807, 2.05) is 12.1 Å². The number of fused-ring (bicyclic) bond motifs is 1. The van der Waals surface area contributed by atoms with Crippen LogP contribution in [0.15, 0.2) is 57.4 Å². The number of ether oxygens (including phenoxy) is 1. The van der Waals surface area contributed by atoms with Gasteiger partial charge in [-0.1, -0.05) is 41.0 Å². The molecule has 4 aromatic rings. The quantitative estimate of drug-likeness (QED) is 0.573. The molecule has 0 aliphatic heterocycles. The van der Waals surface area contributed by atoms with E-state index in [-0.39, 0.29) is 17.7 Å². The Morgan fingerprint density at radius 3 is 2.77 bits per heavy atom. The number of para-hydroxylation sites is 1. The van der Waals surface area contributed by atoms with Crippen LogP contribution in [0.3, 0.4) is 0 Å². The zero-order chi connectivity index (χ0) is 18.1. The molecule has 0 unspecified atom stereocenters. The summed E-state index contributed by atoms with van der Waals surface area (Å²) in [4.78, 5) is 12.4. The second-order valence-electron chi connectivity index (χ2n) is 5.34. The molecule has 0 atom stereocenters. The van der Waals surface area contributed by atoms with Crippen molar-refractivity contribution in [3.8, 4) is 17.2 Å². The molecule has 0 radical (unpaired) electrons. The summed E-state index contributed by atoms with van der Waals surface area (Å²) in [5.74, 6) is 0.331. The zero-order valence-electron chi connectivity index (χ0n) is 13.5. The summed E-state index contributed by atoms with van der Waals surface area (Å²) in [6.07, 6.45) is 0.